The molecule has 0 aliphatic carbocycles. The number of rotatable bonds is 5. The molecule has 0 radical (unpaired) electrons. The Morgan fingerprint density at radius 1 is 0.633 bits per heavy atom. The lowest BCUT2D eigenvalue weighted by Gasteiger charge is -2.09. The van der Waals surface area contributed by atoms with Gasteiger partial charge in [0.05, 0.1) is 7.11 Å². The largest absolute Gasteiger partial charge is 0.497 e. The normalized spacial score (nSPS) is 10.1. The fourth-order valence-electron chi connectivity index (χ4n) is 2.61. The third-order valence-electron chi connectivity index (χ3n) is 4.36. The van der Waals surface area contributed by atoms with Gasteiger partial charge < -0.3 is 10.1 Å². The number of methoxy groups -OCH3 is 1. The lowest BCUT2D eigenvalue weighted by molar-refractivity contribution is 0.0846. The van der Waals surface area contributed by atoms with Crippen LogP contribution in [0.25, 0.3) is 0 Å². The molecule has 3 amide bonds. The molecule has 0 heterocycles. The van der Waals surface area contributed by atoms with E-state index in [1.807, 2.05) is 19.1 Å². The smallest absolute Gasteiger partial charge is 0.269 e. The number of anilines is 1. The fourth-order valence-corrected chi connectivity index (χ4v) is 2.61. The predicted molar refractivity (Wildman–Crippen MR) is 114 cm³/mol. The number of hydrogen-bond donors (Lipinski definition) is 3. The highest BCUT2D eigenvalue weighted by Gasteiger charge is 2.10. The molecular formula is C23H21N3O4. The van der Waals surface area contributed by atoms with Crippen molar-refractivity contribution in [2.24, 2.45) is 0 Å². The van der Waals surface area contributed by atoms with Crippen LogP contribution in [0.4, 0.5) is 5.69 Å². The molecule has 0 fully saturated rings. The molecule has 0 bridgehead atoms. The second-order valence-electron chi connectivity index (χ2n) is 6.53. The fraction of sp³-hybridized carbons (Fsp3) is 0.0870. The van der Waals surface area contributed by atoms with Crippen molar-refractivity contribution >= 4 is 23.4 Å². The molecule has 0 aromatic heterocycles. The van der Waals surface area contributed by atoms with Gasteiger partial charge in [-0.05, 0) is 67.6 Å². The summed E-state index contributed by atoms with van der Waals surface area (Å²) in [5.41, 5.74) is 7.58. The first-order valence-corrected chi connectivity index (χ1v) is 9.19. The summed E-state index contributed by atoms with van der Waals surface area (Å²) in [6.07, 6.45) is 0. The minimum atomic E-state index is -0.469. The summed E-state index contributed by atoms with van der Waals surface area (Å²) in [5.74, 6) is -0.494. The Bertz CT molecular complexity index is 1040. The number of hydrogen-bond acceptors (Lipinski definition) is 4. The van der Waals surface area contributed by atoms with E-state index in [9.17, 15) is 14.4 Å². The zero-order valence-corrected chi connectivity index (χ0v) is 16.6. The third kappa shape index (κ3) is 5.23. The lowest BCUT2D eigenvalue weighted by atomic mass is 10.1. The van der Waals surface area contributed by atoms with E-state index in [4.69, 9.17) is 4.74 Å². The molecule has 0 aliphatic rings. The van der Waals surface area contributed by atoms with Gasteiger partial charge in [0, 0.05) is 22.4 Å². The van der Waals surface area contributed by atoms with Crippen molar-refractivity contribution in [3.05, 3.63) is 95.1 Å². The monoisotopic (exact) mass is 403 g/mol. The molecule has 3 aromatic rings. The molecule has 7 heteroatoms. The standard InChI is InChI=1S/C23H21N3O4/c1-15-3-5-17(6-4-15)22(28)25-26-23(29)18-7-11-19(12-8-18)24-21(27)16-9-13-20(30-2)14-10-16/h3-14H,1-2H3,(H,24,27)(H,25,28)(H,26,29). The van der Waals surface area contributed by atoms with Crippen molar-refractivity contribution in [3.8, 4) is 5.75 Å². The van der Waals surface area contributed by atoms with Gasteiger partial charge >= 0.3 is 0 Å². The summed E-state index contributed by atoms with van der Waals surface area (Å²) < 4.78 is 5.07. The number of ether oxygens (including phenoxy) is 1. The van der Waals surface area contributed by atoms with Crippen molar-refractivity contribution in [2.75, 3.05) is 12.4 Å². The number of carbonyl (C=O) groups is 3. The average molecular weight is 403 g/mol. The van der Waals surface area contributed by atoms with E-state index in [0.29, 0.717) is 28.1 Å². The second kappa shape index (κ2) is 9.38. The van der Waals surface area contributed by atoms with Crippen molar-refractivity contribution in [1.82, 2.24) is 10.9 Å². The van der Waals surface area contributed by atoms with Gasteiger partial charge in [-0.25, -0.2) is 0 Å². The number of amides is 3. The summed E-state index contributed by atoms with van der Waals surface area (Å²) >= 11 is 0. The van der Waals surface area contributed by atoms with E-state index >= 15 is 0 Å². The van der Waals surface area contributed by atoms with Crippen LogP contribution in [0, 0.1) is 6.92 Å². The minimum absolute atomic E-state index is 0.278. The number of carbonyl (C=O) groups excluding carboxylic acids is 3. The van der Waals surface area contributed by atoms with Crippen LogP contribution >= 0.6 is 0 Å². The Hall–Kier alpha value is -4.13. The molecule has 0 unspecified atom stereocenters. The zero-order chi connectivity index (χ0) is 21.5. The van der Waals surface area contributed by atoms with Gasteiger partial charge in [0.25, 0.3) is 17.7 Å². The highest BCUT2D eigenvalue weighted by molar-refractivity contribution is 6.04. The van der Waals surface area contributed by atoms with Crippen LogP contribution in [0.1, 0.15) is 36.6 Å². The van der Waals surface area contributed by atoms with Gasteiger partial charge in [0.1, 0.15) is 5.75 Å². The number of benzene rings is 3. The quantitative estimate of drug-likeness (QED) is 0.570. The molecule has 0 aliphatic heterocycles. The van der Waals surface area contributed by atoms with Crippen molar-refractivity contribution < 1.29 is 19.1 Å². The van der Waals surface area contributed by atoms with E-state index in [2.05, 4.69) is 16.2 Å². The molecule has 0 spiro atoms. The van der Waals surface area contributed by atoms with E-state index < -0.39 is 11.8 Å². The van der Waals surface area contributed by atoms with Crippen LogP contribution in [0.5, 0.6) is 5.75 Å². The van der Waals surface area contributed by atoms with Crippen LogP contribution in [0.2, 0.25) is 0 Å². The molecule has 0 atom stereocenters. The van der Waals surface area contributed by atoms with Crippen LogP contribution in [0.15, 0.2) is 72.8 Å². The highest BCUT2D eigenvalue weighted by Crippen LogP contribution is 2.14. The maximum Gasteiger partial charge on any atom is 0.269 e. The first-order chi connectivity index (χ1) is 14.5. The van der Waals surface area contributed by atoms with Crippen molar-refractivity contribution in [1.29, 1.82) is 0 Å². The van der Waals surface area contributed by atoms with Crippen LogP contribution < -0.4 is 20.9 Å². The average Bonchev–Trinajstić information content (AvgIpc) is 2.78. The van der Waals surface area contributed by atoms with E-state index in [1.165, 1.54) is 0 Å². The van der Waals surface area contributed by atoms with Gasteiger partial charge in [-0.15, -0.1) is 0 Å². The van der Waals surface area contributed by atoms with Crippen molar-refractivity contribution in [3.63, 3.8) is 0 Å². The SMILES string of the molecule is COc1ccc(C(=O)Nc2ccc(C(=O)NNC(=O)c3ccc(C)cc3)cc2)cc1. The Labute approximate surface area is 174 Å². The molecule has 3 rings (SSSR count). The zero-order valence-electron chi connectivity index (χ0n) is 16.6. The van der Waals surface area contributed by atoms with Crippen LogP contribution in [-0.2, 0) is 0 Å². The Kier molecular flexibility index (Phi) is 6.44. The maximum atomic E-state index is 12.3. The summed E-state index contributed by atoms with van der Waals surface area (Å²) in [4.78, 5) is 36.6. The third-order valence-corrected chi connectivity index (χ3v) is 4.36. The first kappa shape index (κ1) is 20.6. The minimum Gasteiger partial charge on any atom is -0.497 e. The van der Waals surface area contributed by atoms with E-state index in [0.717, 1.165) is 5.56 Å². The highest BCUT2D eigenvalue weighted by atomic mass is 16.5. The Morgan fingerprint density at radius 3 is 1.57 bits per heavy atom. The van der Waals surface area contributed by atoms with Gasteiger partial charge in [0.15, 0.2) is 0 Å². The van der Waals surface area contributed by atoms with Crippen molar-refractivity contribution in [2.45, 2.75) is 6.92 Å². The number of nitrogens with one attached hydrogen (secondary N) is 3. The topological polar surface area (TPSA) is 96.5 Å². The molecular weight excluding hydrogens is 382 g/mol. The Balaban J connectivity index is 1.55. The lowest BCUT2D eigenvalue weighted by Crippen LogP contribution is -2.41. The van der Waals surface area contributed by atoms with Gasteiger partial charge in [0.2, 0.25) is 0 Å². The van der Waals surface area contributed by atoms with E-state index in [-0.39, 0.29) is 5.91 Å². The summed E-state index contributed by atoms with van der Waals surface area (Å²) in [6.45, 7) is 1.92. The molecule has 0 saturated heterocycles. The Morgan fingerprint density at radius 2 is 1.07 bits per heavy atom. The second-order valence-corrected chi connectivity index (χ2v) is 6.53. The summed E-state index contributed by atoms with van der Waals surface area (Å²) in [6, 6.07) is 20.0. The van der Waals surface area contributed by atoms with Crippen LogP contribution in [-0.4, -0.2) is 24.8 Å². The summed E-state index contributed by atoms with van der Waals surface area (Å²) in [5, 5.41) is 2.76. The molecule has 152 valence electrons. The molecule has 7 nitrogen and oxygen atoms in total. The molecule has 0 saturated carbocycles. The van der Waals surface area contributed by atoms with E-state index in [1.54, 1.807) is 67.8 Å². The summed E-state index contributed by atoms with van der Waals surface area (Å²) in [7, 11) is 1.56. The molecule has 30 heavy (non-hydrogen) atoms. The van der Waals surface area contributed by atoms with Gasteiger partial charge in [-0.3, -0.25) is 25.2 Å². The predicted octanol–water partition coefficient (Wildman–Crippen LogP) is 3.33. The maximum absolute atomic E-state index is 12.3. The number of aryl methyl sites for hydroxylation is 1. The number of hydrazine groups is 1. The van der Waals surface area contributed by atoms with Gasteiger partial charge in [-0.1, -0.05) is 17.7 Å². The van der Waals surface area contributed by atoms with Gasteiger partial charge in [-0.2, -0.15) is 0 Å². The molecule has 3 aromatic carbocycles. The molecule has 3 N–H and O–H groups in total. The van der Waals surface area contributed by atoms with Crippen LogP contribution in [0.3, 0.4) is 0 Å². The first-order valence-electron chi connectivity index (χ1n) is 9.19.